The molecule has 2 N–H and O–H groups in total. The van der Waals surface area contributed by atoms with Crippen molar-refractivity contribution >= 4 is 17.6 Å². The summed E-state index contributed by atoms with van der Waals surface area (Å²) in [6.07, 6.45) is 4.52. The zero-order valence-corrected chi connectivity index (χ0v) is 11.5. The summed E-state index contributed by atoms with van der Waals surface area (Å²) in [6.45, 7) is 1.77. The Balaban J connectivity index is 1.83. The Kier molecular flexibility index (Phi) is 3.27. The van der Waals surface area contributed by atoms with Gasteiger partial charge in [-0.1, -0.05) is 18.2 Å². The molecule has 21 heavy (non-hydrogen) atoms. The van der Waals surface area contributed by atoms with Crippen LogP contribution < -0.4 is 5.32 Å². The van der Waals surface area contributed by atoms with Crippen LogP contribution in [0.3, 0.4) is 0 Å². The van der Waals surface area contributed by atoms with Gasteiger partial charge in [0.05, 0.1) is 11.8 Å². The summed E-state index contributed by atoms with van der Waals surface area (Å²) >= 11 is 0. The van der Waals surface area contributed by atoms with Crippen molar-refractivity contribution in [3.05, 3.63) is 41.7 Å². The number of carboxylic acid groups (broad SMARTS) is 1. The number of anilines is 1. The fourth-order valence-electron chi connectivity index (χ4n) is 3.46. The molecule has 2 aliphatic carbocycles. The maximum absolute atomic E-state index is 13.3. The summed E-state index contributed by atoms with van der Waals surface area (Å²) in [4.78, 5) is 23.9. The molecule has 0 aliphatic heterocycles. The van der Waals surface area contributed by atoms with Crippen molar-refractivity contribution in [2.45, 2.75) is 13.3 Å². The van der Waals surface area contributed by atoms with Crippen molar-refractivity contribution in [3.63, 3.8) is 0 Å². The average molecular weight is 289 g/mol. The highest BCUT2D eigenvalue weighted by Crippen LogP contribution is 2.48. The lowest BCUT2D eigenvalue weighted by molar-refractivity contribution is -0.146. The normalized spacial score (nSPS) is 29.6. The Bertz CT molecular complexity index is 640. The van der Waals surface area contributed by atoms with Gasteiger partial charge in [0.15, 0.2) is 0 Å². The Morgan fingerprint density at radius 1 is 1.24 bits per heavy atom. The van der Waals surface area contributed by atoms with E-state index < -0.39 is 23.6 Å². The van der Waals surface area contributed by atoms with Crippen LogP contribution in [0.4, 0.5) is 10.1 Å². The van der Waals surface area contributed by atoms with Crippen molar-refractivity contribution in [2.24, 2.45) is 23.7 Å². The molecule has 4 nitrogen and oxygen atoms in total. The Labute approximate surface area is 121 Å². The number of aliphatic carboxylic acids is 1. The molecular formula is C16H16FNO3. The highest BCUT2D eigenvalue weighted by Gasteiger charge is 2.51. The molecule has 1 fully saturated rings. The molecule has 2 aliphatic rings. The quantitative estimate of drug-likeness (QED) is 0.841. The second kappa shape index (κ2) is 4.98. The van der Waals surface area contributed by atoms with Crippen LogP contribution in [-0.4, -0.2) is 17.0 Å². The van der Waals surface area contributed by atoms with Gasteiger partial charge < -0.3 is 10.4 Å². The SMILES string of the molecule is Cc1ccc(F)cc1NC(=O)[C@H]1C2C=CC(C2)[C@H]1C(=O)O. The predicted octanol–water partition coefficient (Wildman–Crippen LogP) is 2.60. The number of amides is 1. The van der Waals surface area contributed by atoms with Gasteiger partial charge in [-0.2, -0.15) is 0 Å². The van der Waals surface area contributed by atoms with Gasteiger partial charge in [0.2, 0.25) is 5.91 Å². The average Bonchev–Trinajstić information content (AvgIpc) is 3.03. The number of carboxylic acids is 1. The van der Waals surface area contributed by atoms with Crippen molar-refractivity contribution in [2.75, 3.05) is 5.32 Å². The predicted molar refractivity (Wildman–Crippen MR) is 75.1 cm³/mol. The lowest BCUT2D eigenvalue weighted by atomic mass is 9.82. The largest absolute Gasteiger partial charge is 0.481 e. The molecule has 3 rings (SSSR count). The first-order valence-corrected chi connectivity index (χ1v) is 6.95. The van der Waals surface area contributed by atoms with E-state index in [1.807, 2.05) is 12.2 Å². The molecule has 0 radical (unpaired) electrons. The smallest absolute Gasteiger partial charge is 0.307 e. The van der Waals surface area contributed by atoms with Crippen LogP contribution in [0, 0.1) is 36.4 Å². The van der Waals surface area contributed by atoms with Crippen molar-refractivity contribution in [1.29, 1.82) is 0 Å². The molecule has 0 saturated heterocycles. The first kappa shape index (κ1) is 13.8. The number of benzene rings is 1. The van der Waals surface area contributed by atoms with Crippen LogP contribution >= 0.6 is 0 Å². The second-order valence-corrected chi connectivity index (χ2v) is 5.79. The number of carbonyl (C=O) groups is 2. The summed E-state index contributed by atoms with van der Waals surface area (Å²) in [6, 6.07) is 4.16. The van der Waals surface area contributed by atoms with E-state index in [2.05, 4.69) is 5.32 Å². The zero-order valence-electron chi connectivity index (χ0n) is 11.5. The van der Waals surface area contributed by atoms with E-state index in [0.717, 1.165) is 5.56 Å². The van der Waals surface area contributed by atoms with Crippen LogP contribution in [-0.2, 0) is 9.59 Å². The highest BCUT2D eigenvalue weighted by atomic mass is 19.1. The summed E-state index contributed by atoms with van der Waals surface area (Å²) < 4.78 is 13.3. The van der Waals surface area contributed by atoms with Gasteiger partial charge in [-0.3, -0.25) is 9.59 Å². The van der Waals surface area contributed by atoms with Crippen molar-refractivity contribution in [1.82, 2.24) is 0 Å². The monoisotopic (exact) mass is 289 g/mol. The van der Waals surface area contributed by atoms with Gasteiger partial charge >= 0.3 is 5.97 Å². The molecule has 110 valence electrons. The third-order valence-electron chi connectivity index (χ3n) is 4.50. The van der Waals surface area contributed by atoms with E-state index in [0.29, 0.717) is 12.1 Å². The number of hydrogen-bond acceptors (Lipinski definition) is 2. The Hall–Kier alpha value is -2.17. The third-order valence-corrected chi connectivity index (χ3v) is 4.50. The summed E-state index contributed by atoms with van der Waals surface area (Å²) in [5.41, 5.74) is 1.14. The summed E-state index contributed by atoms with van der Waals surface area (Å²) in [5, 5.41) is 12.0. The van der Waals surface area contributed by atoms with Crippen molar-refractivity contribution < 1.29 is 19.1 Å². The molecule has 4 atom stereocenters. The van der Waals surface area contributed by atoms with Crippen LogP contribution in [0.5, 0.6) is 0 Å². The fraction of sp³-hybridized carbons (Fsp3) is 0.375. The number of nitrogens with one attached hydrogen (secondary N) is 1. The number of fused-ring (bicyclic) bond motifs is 2. The van der Waals surface area contributed by atoms with E-state index in [1.54, 1.807) is 13.0 Å². The number of rotatable bonds is 3. The summed E-state index contributed by atoms with van der Waals surface area (Å²) in [5.74, 6) is -3.09. The topological polar surface area (TPSA) is 66.4 Å². The van der Waals surface area contributed by atoms with E-state index in [1.165, 1.54) is 12.1 Å². The molecule has 1 amide bonds. The van der Waals surface area contributed by atoms with E-state index in [9.17, 15) is 19.1 Å². The molecule has 5 heteroatoms. The van der Waals surface area contributed by atoms with Gasteiger partial charge in [0.25, 0.3) is 0 Å². The maximum Gasteiger partial charge on any atom is 0.307 e. The lowest BCUT2D eigenvalue weighted by Gasteiger charge is -2.24. The molecule has 0 heterocycles. The number of halogens is 1. The van der Waals surface area contributed by atoms with Gasteiger partial charge in [-0.15, -0.1) is 0 Å². The van der Waals surface area contributed by atoms with E-state index in [-0.39, 0.29) is 17.7 Å². The molecular weight excluding hydrogens is 273 g/mol. The molecule has 2 bridgehead atoms. The zero-order chi connectivity index (χ0) is 15.1. The Morgan fingerprint density at radius 2 is 1.90 bits per heavy atom. The molecule has 0 aromatic heterocycles. The molecule has 1 aromatic rings. The van der Waals surface area contributed by atoms with E-state index >= 15 is 0 Å². The lowest BCUT2D eigenvalue weighted by Crippen LogP contribution is -2.36. The minimum atomic E-state index is -0.942. The number of carbonyl (C=O) groups excluding carboxylic acids is 1. The number of hydrogen-bond donors (Lipinski definition) is 2. The van der Waals surface area contributed by atoms with Crippen LogP contribution in [0.2, 0.25) is 0 Å². The molecule has 2 unspecified atom stereocenters. The standard InChI is InChI=1S/C16H16FNO3/c1-8-2-5-11(17)7-12(8)18-15(19)13-9-3-4-10(6-9)14(13)16(20)21/h2-5,7,9-10,13-14H,6H2,1H3,(H,18,19)(H,20,21)/t9?,10?,13-,14+/m0/s1. The minimum absolute atomic E-state index is 0.0371. The Morgan fingerprint density at radius 3 is 2.57 bits per heavy atom. The van der Waals surface area contributed by atoms with Crippen LogP contribution in [0.15, 0.2) is 30.4 Å². The van der Waals surface area contributed by atoms with Gasteiger partial charge in [-0.25, -0.2) is 4.39 Å². The van der Waals surface area contributed by atoms with Crippen LogP contribution in [0.1, 0.15) is 12.0 Å². The third kappa shape index (κ3) is 2.33. The van der Waals surface area contributed by atoms with Crippen molar-refractivity contribution in [3.8, 4) is 0 Å². The number of allylic oxidation sites excluding steroid dienone is 2. The van der Waals surface area contributed by atoms with Gasteiger partial charge in [0.1, 0.15) is 5.82 Å². The fourth-order valence-corrected chi connectivity index (χ4v) is 3.46. The van der Waals surface area contributed by atoms with Gasteiger partial charge in [0, 0.05) is 5.69 Å². The minimum Gasteiger partial charge on any atom is -0.481 e. The molecule has 1 saturated carbocycles. The summed E-state index contributed by atoms with van der Waals surface area (Å²) in [7, 11) is 0. The highest BCUT2D eigenvalue weighted by molar-refractivity contribution is 5.96. The molecule has 1 aromatic carbocycles. The van der Waals surface area contributed by atoms with Gasteiger partial charge in [-0.05, 0) is 42.9 Å². The number of aryl methyl sites for hydroxylation is 1. The first-order chi connectivity index (χ1) is 9.97. The van der Waals surface area contributed by atoms with Crippen LogP contribution in [0.25, 0.3) is 0 Å². The maximum atomic E-state index is 13.3. The molecule has 0 spiro atoms. The van der Waals surface area contributed by atoms with E-state index in [4.69, 9.17) is 0 Å². The first-order valence-electron chi connectivity index (χ1n) is 6.95. The second-order valence-electron chi connectivity index (χ2n) is 5.79.